The lowest BCUT2D eigenvalue weighted by Gasteiger charge is -2.24. The largest absolute Gasteiger partial charge is 0.504 e. The van der Waals surface area contributed by atoms with Crippen LogP contribution >= 0.6 is 11.3 Å². The van der Waals surface area contributed by atoms with Gasteiger partial charge in [0.05, 0.1) is 23.0 Å². The third-order valence-corrected chi connectivity index (χ3v) is 6.18. The van der Waals surface area contributed by atoms with E-state index in [2.05, 4.69) is 15.4 Å². The van der Waals surface area contributed by atoms with Crippen LogP contribution < -0.4 is 10.1 Å². The monoisotopic (exact) mass is 406 g/mol. The van der Waals surface area contributed by atoms with Crippen molar-refractivity contribution in [2.45, 2.75) is 19.3 Å². The van der Waals surface area contributed by atoms with Crippen LogP contribution in [-0.2, 0) is 4.79 Å². The number of nitrogens with zero attached hydrogens (tertiary/aromatic N) is 3. The summed E-state index contributed by atoms with van der Waals surface area (Å²) in [7, 11) is 1.51. The molecule has 1 aliphatic heterocycles. The number of ether oxygens (including phenoxy) is 1. The molecule has 1 atom stereocenters. The van der Waals surface area contributed by atoms with Gasteiger partial charge in [-0.05, 0) is 36.8 Å². The van der Waals surface area contributed by atoms with Gasteiger partial charge in [-0.25, -0.2) is 4.98 Å². The minimum absolute atomic E-state index is 0.0498. The van der Waals surface area contributed by atoms with Crippen molar-refractivity contribution in [1.82, 2.24) is 14.8 Å². The Labute approximate surface area is 170 Å². The molecule has 0 saturated heterocycles. The Bertz CT molecular complexity index is 1230. The summed E-state index contributed by atoms with van der Waals surface area (Å²) in [6.45, 7) is 1.93. The maximum Gasteiger partial charge on any atom is 0.226 e. The number of thiazole rings is 1. The van der Waals surface area contributed by atoms with Crippen LogP contribution in [0.5, 0.6) is 11.5 Å². The normalized spacial score (nSPS) is 15.9. The van der Waals surface area contributed by atoms with Gasteiger partial charge in [-0.1, -0.05) is 29.5 Å². The number of anilines is 1. The zero-order chi connectivity index (χ0) is 20.1. The highest BCUT2D eigenvalue weighted by Crippen LogP contribution is 2.42. The molecule has 7 nitrogen and oxygen atoms in total. The summed E-state index contributed by atoms with van der Waals surface area (Å²) in [5.74, 6) is 0.779. The van der Waals surface area contributed by atoms with Gasteiger partial charge in [0.1, 0.15) is 5.82 Å². The minimum Gasteiger partial charge on any atom is -0.504 e. The number of rotatable bonds is 3. The molecule has 0 saturated carbocycles. The quantitative estimate of drug-likeness (QED) is 0.537. The Balaban J connectivity index is 1.65. The fourth-order valence-electron chi connectivity index (χ4n) is 3.84. The summed E-state index contributed by atoms with van der Waals surface area (Å²) in [4.78, 5) is 17.2. The maximum atomic E-state index is 12.5. The van der Waals surface area contributed by atoms with E-state index in [1.165, 1.54) is 18.4 Å². The first-order chi connectivity index (χ1) is 14.0. The molecule has 0 radical (unpaired) electrons. The average molecular weight is 406 g/mol. The number of aromatic hydroxyl groups is 1. The minimum atomic E-state index is -0.210. The second-order valence-electron chi connectivity index (χ2n) is 6.96. The van der Waals surface area contributed by atoms with Gasteiger partial charge < -0.3 is 15.2 Å². The second kappa shape index (κ2) is 6.59. The van der Waals surface area contributed by atoms with E-state index in [-0.39, 0.29) is 24.0 Å². The number of nitrogens with one attached hydrogen (secondary N) is 1. The number of carbonyl (C=O) groups excluding carboxylic acids is 1. The molecule has 2 N–H and O–H groups in total. The highest BCUT2D eigenvalue weighted by atomic mass is 32.1. The maximum absolute atomic E-state index is 12.5. The van der Waals surface area contributed by atoms with E-state index >= 15 is 0 Å². The number of phenols is 1. The van der Waals surface area contributed by atoms with E-state index in [1.807, 2.05) is 37.3 Å². The van der Waals surface area contributed by atoms with E-state index < -0.39 is 0 Å². The molecule has 0 fully saturated rings. The van der Waals surface area contributed by atoms with E-state index in [1.54, 1.807) is 16.8 Å². The summed E-state index contributed by atoms with van der Waals surface area (Å²) >= 11 is 1.52. The van der Waals surface area contributed by atoms with Crippen LogP contribution in [0.15, 0.2) is 42.5 Å². The molecule has 2 aromatic carbocycles. The summed E-state index contributed by atoms with van der Waals surface area (Å²) < 4.78 is 7.91. The molecule has 0 spiro atoms. The van der Waals surface area contributed by atoms with Crippen LogP contribution in [-0.4, -0.2) is 32.9 Å². The van der Waals surface area contributed by atoms with Crippen LogP contribution in [0.2, 0.25) is 0 Å². The molecule has 146 valence electrons. The molecule has 0 aliphatic carbocycles. The molecular formula is C21H18N4O3S. The lowest BCUT2D eigenvalue weighted by atomic mass is 9.85. The standard InChI is InChI=1S/C21H18N4O3S/c1-11-19-13(12-7-8-16(28-2)15(26)9-12)10-18(27)23-20(19)25(24-11)21-22-14-5-3-4-6-17(14)29-21/h3-9,13,26H,10H2,1-2H3,(H,23,27)/t13-/m0/s1. The fraction of sp³-hybridized carbons (Fsp3) is 0.190. The Morgan fingerprint density at radius 3 is 2.86 bits per heavy atom. The Morgan fingerprint density at radius 2 is 2.10 bits per heavy atom. The van der Waals surface area contributed by atoms with Crippen molar-refractivity contribution in [2.75, 3.05) is 12.4 Å². The molecule has 1 aliphatic rings. The van der Waals surface area contributed by atoms with Crippen molar-refractivity contribution < 1.29 is 14.6 Å². The number of benzene rings is 2. The number of methoxy groups -OCH3 is 1. The van der Waals surface area contributed by atoms with Gasteiger partial charge in [-0.2, -0.15) is 9.78 Å². The van der Waals surface area contributed by atoms with E-state index in [9.17, 15) is 9.90 Å². The summed E-state index contributed by atoms with van der Waals surface area (Å²) in [6.07, 6.45) is 0.283. The lowest BCUT2D eigenvalue weighted by molar-refractivity contribution is -0.116. The van der Waals surface area contributed by atoms with Gasteiger partial charge in [0, 0.05) is 17.9 Å². The summed E-state index contributed by atoms with van der Waals surface area (Å²) in [5.41, 5.74) is 3.49. The van der Waals surface area contributed by atoms with Gasteiger partial charge >= 0.3 is 0 Å². The topological polar surface area (TPSA) is 89.3 Å². The zero-order valence-electron chi connectivity index (χ0n) is 15.8. The Morgan fingerprint density at radius 1 is 1.28 bits per heavy atom. The number of fused-ring (bicyclic) bond motifs is 2. The number of amides is 1. The number of para-hydroxylation sites is 1. The van der Waals surface area contributed by atoms with Crippen LogP contribution in [0.3, 0.4) is 0 Å². The molecule has 2 aromatic heterocycles. The number of aromatic nitrogens is 3. The van der Waals surface area contributed by atoms with Crippen molar-refractivity contribution in [2.24, 2.45) is 0 Å². The van der Waals surface area contributed by atoms with Crippen LogP contribution in [0.4, 0.5) is 5.82 Å². The molecule has 0 unspecified atom stereocenters. The highest BCUT2D eigenvalue weighted by molar-refractivity contribution is 7.20. The molecule has 4 aromatic rings. The van der Waals surface area contributed by atoms with Crippen molar-refractivity contribution in [3.63, 3.8) is 0 Å². The number of aryl methyl sites for hydroxylation is 1. The van der Waals surface area contributed by atoms with E-state index in [4.69, 9.17) is 4.74 Å². The molecule has 1 amide bonds. The van der Waals surface area contributed by atoms with Gasteiger partial charge in [-0.3, -0.25) is 4.79 Å². The van der Waals surface area contributed by atoms with Crippen LogP contribution in [0.25, 0.3) is 15.3 Å². The molecule has 3 heterocycles. The average Bonchev–Trinajstić information content (AvgIpc) is 3.28. The zero-order valence-corrected chi connectivity index (χ0v) is 16.7. The van der Waals surface area contributed by atoms with Gasteiger partial charge in [0.2, 0.25) is 11.0 Å². The lowest BCUT2D eigenvalue weighted by Crippen LogP contribution is -2.24. The molecule has 8 heteroatoms. The number of phenolic OH excluding ortho intramolecular Hbond substituents is 1. The summed E-state index contributed by atoms with van der Waals surface area (Å²) in [5, 5.41) is 18.6. The van der Waals surface area contributed by atoms with Crippen molar-refractivity contribution in [1.29, 1.82) is 0 Å². The van der Waals surface area contributed by atoms with Crippen LogP contribution in [0.1, 0.15) is 29.2 Å². The molecule has 5 rings (SSSR count). The van der Waals surface area contributed by atoms with Gasteiger partial charge in [0.15, 0.2) is 11.5 Å². The highest BCUT2D eigenvalue weighted by Gasteiger charge is 2.33. The summed E-state index contributed by atoms with van der Waals surface area (Å²) in [6, 6.07) is 13.1. The fourth-order valence-corrected chi connectivity index (χ4v) is 4.77. The van der Waals surface area contributed by atoms with Crippen LogP contribution in [0, 0.1) is 6.92 Å². The molecule has 0 bridgehead atoms. The van der Waals surface area contributed by atoms with E-state index in [0.29, 0.717) is 16.7 Å². The van der Waals surface area contributed by atoms with Gasteiger partial charge in [-0.15, -0.1) is 0 Å². The predicted molar refractivity (Wildman–Crippen MR) is 111 cm³/mol. The Hall–Kier alpha value is -3.39. The third-order valence-electron chi connectivity index (χ3n) is 5.17. The number of hydrogen-bond acceptors (Lipinski definition) is 6. The first-order valence-corrected chi connectivity index (χ1v) is 9.99. The second-order valence-corrected chi connectivity index (χ2v) is 7.97. The third kappa shape index (κ3) is 2.84. The predicted octanol–water partition coefficient (Wildman–Crippen LogP) is 3.98. The smallest absolute Gasteiger partial charge is 0.226 e. The molecule has 29 heavy (non-hydrogen) atoms. The first kappa shape index (κ1) is 17.7. The van der Waals surface area contributed by atoms with E-state index in [0.717, 1.165) is 27.0 Å². The first-order valence-electron chi connectivity index (χ1n) is 9.17. The van der Waals surface area contributed by atoms with Crippen molar-refractivity contribution >= 4 is 33.3 Å². The SMILES string of the molecule is COc1ccc([C@@H]2CC(=O)Nc3c2c(C)nn3-c2nc3ccccc3s2)cc1O. The molecular weight excluding hydrogens is 388 g/mol. The Kier molecular flexibility index (Phi) is 4.02. The number of hydrogen-bond donors (Lipinski definition) is 2. The number of carbonyl (C=O) groups is 1. The van der Waals surface area contributed by atoms with Gasteiger partial charge in [0.25, 0.3) is 0 Å². The van der Waals surface area contributed by atoms with Crippen molar-refractivity contribution in [3.8, 4) is 16.6 Å². The van der Waals surface area contributed by atoms with Crippen molar-refractivity contribution in [3.05, 3.63) is 59.3 Å².